The van der Waals surface area contributed by atoms with Gasteiger partial charge in [-0.3, -0.25) is 14.4 Å². The van der Waals surface area contributed by atoms with Crippen molar-refractivity contribution in [2.75, 3.05) is 13.2 Å². The zero-order chi connectivity index (χ0) is 13.4. The van der Waals surface area contributed by atoms with Gasteiger partial charge in [0.2, 0.25) is 5.78 Å². The van der Waals surface area contributed by atoms with Crippen LogP contribution in [0.25, 0.3) is 0 Å². The van der Waals surface area contributed by atoms with Crippen LogP contribution in [0.3, 0.4) is 0 Å². The van der Waals surface area contributed by atoms with Crippen molar-refractivity contribution in [1.82, 2.24) is 0 Å². The van der Waals surface area contributed by atoms with Gasteiger partial charge in [0.25, 0.3) is 6.47 Å². The van der Waals surface area contributed by atoms with E-state index in [1.54, 1.807) is 0 Å². The lowest BCUT2D eigenvalue weighted by Crippen LogP contribution is -2.21. The molecule has 0 aromatic rings. The maximum Gasteiger partial charge on any atom is 0.306 e. The minimum absolute atomic E-state index is 0.197. The highest BCUT2D eigenvalue weighted by Gasteiger charge is 2.21. The molecule has 0 saturated heterocycles. The first-order chi connectivity index (χ1) is 8.61. The number of carbonyl (C=O) groups is 3. The summed E-state index contributed by atoms with van der Waals surface area (Å²) >= 11 is 0. The van der Waals surface area contributed by atoms with Crippen molar-refractivity contribution in [3.8, 4) is 0 Å². The maximum absolute atomic E-state index is 11.5. The van der Waals surface area contributed by atoms with Gasteiger partial charge in [0.05, 0.1) is 0 Å². The van der Waals surface area contributed by atoms with E-state index in [0.29, 0.717) is 12.3 Å². The lowest BCUT2D eigenvalue weighted by atomic mass is 9.81. The van der Waals surface area contributed by atoms with Crippen LogP contribution < -0.4 is 0 Å². The third kappa shape index (κ3) is 5.80. The molecule has 5 nitrogen and oxygen atoms in total. The molecule has 0 spiro atoms. The lowest BCUT2D eigenvalue weighted by molar-refractivity contribution is -0.151. The molecule has 0 amide bonds. The SMILES string of the molecule is CC1CCC(CC(=O)OCC(=O)COC=O)CC1. The van der Waals surface area contributed by atoms with Crippen LogP contribution in [0.2, 0.25) is 0 Å². The first-order valence-corrected chi connectivity index (χ1v) is 6.34. The fourth-order valence-corrected chi connectivity index (χ4v) is 2.16. The van der Waals surface area contributed by atoms with Crippen molar-refractivity contribution >= 4 is 18.2 Å². The van der Waals surface area contributed by atoms with Crippen molar-refractivity contribution in [3.63, 3.8) is 0 Å². The second kappa shape index (κ2) is 7.84. The third-order valence-electron chi connectivity index (χ3n) is 3.30. The molecule has 0 aromatic heterocycles. The van der Waals surface area contributed by atoms with Crippen LogP contribution in [0.5, 0.6) is 0 Å². The number of rotatable bonds is 7. The standard InChI is InChI=1S/C13H20O5/c1-10-2-4-11(5-3-10)6-13(16)18-8-12(15)7-17-9-14/h9-11H,2-8H2,1H3. The summed E-state index contributed by atoms with van der Waals surface area (Å²) in [5, 5.41) is 0. The molecular formula is C13H20O5. The van der Waals surface area contributed by atoms with Crippen molar-refractivity contribution in [3.05, 3.63) is 0 Å². The molecule has 1 aliphatic rings. The van der Waals surface area contributed by atoms with E-state index >= 15 is 0 Å². The van der Waals surface area contributed by atoms with Crippen molar-refractivity contribution < 1.29 is 23.9 Å². The van der Waals surface area contributed by atoms with Gasteiger partial charge in [-0.05, 0) is 24.7 Å². The Bertz CT molecular complexity index is 292. The normalized spacial score (nSPS) is 23.2. The molecule has 1 rings (SSSR count). The highest BCUT2D eigenvalue weighted by Crippen LogP contribution is 2.30. The smallest absolute Gasteiger partial charge is 0.306 e. The van der Waals surface area contributed by atoms with Crippen molar-refractivity contribution in [2.45, 2.75) is 39.0 Å². The molecule has 18 heavy (non-hydrogen) atoms. The Balaban J connectivity index is 2.13. The van der Waals surface area contributed by atoms with E-state index in [4.69, 9.17) is 4.74 Å². The topological polar surface area (TPSA) is 69.7 Å². The molecule has 0 N–H and O–H groups in total. The Labute approximate surface area is 107 Å². The van der Waals surface area contributed by atoms with Crippen LogP contribution in [-0.2, 0) is 23.9 Å². The summed E-state index contributed by atoms with van der Waals surface area (Å²) in [6.07, 6.45) is 4.81. The predicted octanol–water partition coefficient (Wildman–Crippen LogP) is 1.49. The third-order valence-corrected chi connectivity index (χ3v) is 3.30. The van der Waals surface area contributed by atoms with Crippen LogP contribution in [-0.4, -0.2) is 31.4 Å². The Morgan fingerprint density at radius 1 is 1.17 bits per heavy atom. The lowest BCUT2D eigenvalue weighted by Gasteiger charge is -2.25. The van der Waals surface area contributed by atoms with Crippen molar-refractivity contribution in [1.29, 1.82) is 0 Å². The quantitative estimate of drug-likeness (QED) is 0.510. The number of hydrogen-bond donors (Lipinski definition) is 0. The van der Waals surface area contributed by atoms with Gasteiger partial charge >= 0.3 is 5.97 Å². The first kappa shape index (κ1) is 14.7. The summed E-state index contributed by atoms with van der Waals surface area (Å²) in [6, 6.07) is 0. The fraction of sp³-hybridized carbons (Fsp3) is 0.769. The van der Waals surface area contributed by atoms with Crippen LogP contribution in [0, 0.1) is 11.8 Å². The molecule has 0 atom stereocenters. The van der Waals surface area contributed by atoms with E-state index in [-0.39, 0.29) is 25.7 Å². The van der Waals surface area contributed by atoms with Gasteiger partial charge in [0, 0.05) is 6.42 Å². The highest BCUT2D eigenvalue weighted by atomic mass is 16.5. The zero-order valence-electron chi connectivity index (χ0n) is 10.7. The number of esters is 1. The van der Waals surface area contributed by atoms with Gasteiger partial charge in [-0.15, -0.1) is 0 Å². The van der Waals surface area contributed by atoms with E-state index < -0.39 is 5.78 Å². The van der Waals surface area contributed by atoms with Gasteiger partial charge in [0.1, 0.15) is 0 Å². The van der Waals surface area contributed by atoms with Gasteiger partial charge in [-0.25, -0.2) is 0 Å². The molecule has 0 unspecified atom stereocenters. The van der Waals surface area contributed by atoms with Crippen LogP contribution >= 0.6 is 0 Å². The molecule has 5 heteroatoms. The fourth-order valence-electron chi connectivity index (χ4n) is 2.16. The largest absolute Gasteiger partial charge is 0.460 e. The number of ketones is 1. The molecule has 102 valence electrons. The van der Waals surface area contributed by atoms with Gasteiger partial charge < -0.3 is 9.47 Å². The average Bonchev–Trinajstić information content (AvgIpc) is 2.36. The summed E-state index contributed by atoms with van der Waals surface area (Å²) in [5.41, 5.74) is 0. The van der Waals surface area contributed by atoms with E-state index in [1.807, 2.05) is 0 Å². The van der Waals surface area contributed by atoms with Crippen LogP contribution in [0.15, 0.2) is 0 Å². The summed E-state index contributed by atoms with van der Waals surface area (Å²) in [6.45, 7) is 1.77. The molecular weight excluding hydrogens is 236 g/mol. The van der Waals surface area contributed by atoms with Gasteiger partial charge in [-0.1, -0.05) is 19.8 Å². The molecule has 0 aliphatic heterocycles. The van der Waals surface area contributed by atoms with Crippen molar-refractivity contribution in [2.24, 2.45) is 11.8 Å². The molecule has 1 fully saturated rings. The Kier molecular flexibility index (Phi) is 6.39. The monoisotopic (exact) mass is 256 g/mol. The van der Waals surface area contributed by atoms with Crippen LogP contribution in [0.1, 0.15) is 39.0 Å². The summed E-state index contributed by atoms with van der Waals surface area (Å²) < 4.78 is 9.11. The first-order valence-electron chi connectivity index (χ1n) is 6.34. The summed E-state index contributed by atoms with van der Waals surface area (Å²) in [7, 11) is 0. The number of hydrogen-bond acceptors (Lipinski definition) is 5. The molecule has 1 saturated carbocycles. The van der Waals surface area contributed by atoms with E-state index in [1.165, 1.54) is 0 Å². The van der Waals surface area contributed by atoms with Gasteiger partial charge in [-0.2, -0.15) is 0 Å². The van der Waals surface area contributed by atoms with Gasteiger partial charge in [0.15, 0.2) is 13.2 Å². The zero-order valence-corrected chi connectivity index (χ0v) is 10.7. The molecule has 1 aliphatic carbocycles. The summed E-state index contributed by atoms with van der Waals surface area (Å²) in [4.78, 5) is 32.4. The number of Topliss-reactive ketones (excluding diaryl/α,β-unsaturated/α-hetero) is 1. The molecule has 0 heterocycles. The second-order valence-electron chi connectivity index (χ2n) is 4.94. The van der Waals surface area contributed by atoms with E-state index in [0.717, 1.165) is 31.6 Å². The number of ether oxygens (including phenoxy) is 2. The Hall–Kier alpha value is -1.39. The maximum atomic E-state index is 11.5. The predicted molar refractivity (Wildman–Crippen MR) is 63.7 cm³/mol. The second-order valence-corrected chi connectivity index (χ2v) is 4.94. The van der Waals surface area contributed by atoms with E-state index in [2.05, 4.69) is 11.7 Å². The minimum atomic E-state index is -0.410. The minimum Gasteiger partial charge on any atom is -0.460 e. The number of carbonyl (C=O) groups excluding carboxylic acids is 3. The molecule has 0 bridgehead atoms. The summed E-state index contributed by atoms with van der Waals surface area (Å²) in [5.74, 6) is 0.385. The van der Waals surface area contributed by atoms with Crippen LogP contribution in [0.4, 0.5) is 0 Å². The Morgan fingerprint density at radius 3 is 2.44 bits per heavy atom. The molecule has 0 radical (unpaired) electrons. The highest BCUT2D eigenvalue weighted by molar-refractivity contribution is 5.83. The Morgan fingerprint density at radius 2 is 1.83 bits per heavy atom. The molecule has 0 aromatic carbocycles. The van der Waals surface area contributed by atoms with E-state index in [9.17, 15) is 14.4 Å². The average molecular weight is 256 g/mol.